The summed E-state index contributed by atoms with van der Waals surface area (Å²) in [5.41, 5.74) is 1.02. The molecule has 1 atom stereocenters. The van der Waals surface area contributed by atoms with Crippen molar-refractivity contribution in [2.75, 3.05) is 6.54 Å². The molecule has 0 saturated heterocycles. The topological polar surface area (TPSA) is 44.6 Å². The van der Waals surface area contributed by atoms with Crippen LogP contribution in [0.2, 0.25) is 5.02 Å². The smallest absolute Gasteiger partial charge is 0.118 e. The minimum Gasteiger partial charge on any atom is -0.544 e. The number of benzene rings is 1. The highest BCUT2D eigenvalue weighted by Gasteiger charge is 2.26. The Hall–Kier alpha value is -1.06. The van der Waals surface area contributed by atoms with E-state index in [0.29, 0.717) is 17.6 Å². The van der Waals surface area contributed by atoms with Crippen LogP contribution in [0.1, 0.15) is 31.2 Å². The fourth-order valence-corrected chi connectivity index (χ4v) is 2.96. The van der Waals surface area contributed by atoms with E-state index < -0.39 is 5.97 Å². The van der Waals surface area contributed by atoms with Gasteiger partial charge in [-0.25, -0.2) is 0 Å². The van der Waals surface area contributed by atoms with Crippen LogP contribution in [0.5, 0.6) is 0 Å². The normalized spacial score (nSPS) is 17.8. The minimum atomic E-state index is -0.982. The number of carboxylic acid groups (broad SMARTS) is 1. The number of rotatable bonds is 5. The lowest BCUT2D eigenvalue weighted by Crippen LogP contribution is -3.15. The quantitative estimate of drug-likeness (QED) is 0.840. The molecule has 1 aliphatic carbocycles. The molecule has 0 aromatic heterocycles. The van der Waals surface area contributed by atoms with Crippen LogP contribution < -0.4 is 10.0 Å². The molecule has 1 saturated carbocycles. The molecule has 0 amide bonds. The third-order valence-corrected chi connectivity index (χ3v) is 4.05. The van der Waals surface area contributed by atoms with Crippen LogP contribution >= 0.6 is 11.6 Å². The van der Waals surface area contributed by atoms with Crippen molar-refractivity contribution in [1.29, 1.82) is 0 Å². The Morgan fingerprint density at radius 2 is 2.00 bits per heavy atom. The minimum absolute atomic E-state index is 0.0654. The van der Waals surface area contributed by atoms with E-state index in [9.17, 15) is 9.90 Å². The lowest BCUT2D eigenvalue weighted by molar-refractivity contribution is -0.932. The molecule has 1 fully saturated rings. The molecule has 0 aliphatic heterocycles. The van der Waals surface area contributed by atoms with Crippen LogP contribution in [0.3, 0.4) is 0 Å². The largest absolute Gasteiger partial charge is 0.544 e. The van der Waals surface area contributed by atoms with E-state index in [1.54, 1.807) is 0 Å². The maximum atomic E-state index is 10.9. The molecule has 1 unspecified atom stereocenters. The average Bonchev–Trinajstić information content (AvgIpc) is 2.84. The van der Waals surface area contributed by atoms with Gasteiger partial charge < -0.3 is 14.8 Å². The van der Waals surface area contributed by atoms with Crippen molar-refractivity contribution in [2.45, 2.75) is 38.3 Å². The summed E-state index contributed by atoms with van der Waals surface area (Å²) in [6.07, 6.45) is 4.60. The summed E-state index contributed by atoms with van der Waals surface area (Å²) >= 11 is 6.14. The van der Waals surface area contributed by atoms with Crippen molar-refractivity contribution in [3.63, 3.8) is 0 Å². The van der Waals surface area contributed by atoms with Gasteiger partial charge in [-0.2, -0.15) is 0 Å². The summed E-state index contributed by atoms with van der Waals surface area (Å²) in [6, 6.07) is 8.07. The molecular weight excluding hydrogens is 250 g/mol. The number of quaternary nitrogens is 1. The SMILES string of the molecule is O=C([O-])C[NH+](Cc1ccccc1Cl)C1CCCC1. The maximum absolute atomic E-state index is 10.9. The molecule has 0 spiro atoms. The Morgan fingerprint density at radius 3 is 2.61 bits per heavy atom. The molecular formula is C14H18ClNO2. The Morgan fingerprint density at radius 1 is 1.33 bits per heavy atom. The lowest BCUT2D eigenvalue weighted by Gasteiger charge is -2.26. The van der Waals surface area contributed by atoms with Gasteiger partial charge in [0.15, 0.2) is 0 Å². The molecule has 98 valence electrons. The first-order valence-corrected chi connectivity index (χ1v) is 6.82. The fourth-order valence-electron chi connectivity index (χ4n) is 2.76. The summed E-state index contributed by atoms with van der Waals surface area (Å²) < 4.78 is 0. The van der Waals surface area contributed by atoms with Gasteiger partial charge in [-0.3, -0.25) is 0 Å². The van der Waals surface area contributed by atoms with Crippen LogP contribution in [0.25, 0.3) is 0 Å². The maximum Gasteiger partial charge on any atom is 0.118 e. The number of aliphatic carboxylic acids is 1. The first-order chi connectivity index (χ1) is 8.66. The lowest BCUT2D eigenvalue weighted by atomic mass is 10.1. The molecule has 3 nitrogen and oxygen atoms in total. The van der Waals surface area contributed by atoms with Crippen molar-refractivity contribution in [2.24, 2.45) is 0 Å². The van der Waals surface area contributed by atoms with Crippen LogP contribution in [0.4, 0.5) is 0 Å². The van der Waals surface area contributed by atoms with E-state index in [-0.39, 0.29) is 6.54 Å². The van der Waals surface area contributed by atoms with Crippen molar-refractivity contribution < 1.29 is 14.8 Å². The summed E-state index contributed by atoms with van der Waals surface area (Å²) in [4.78, 5) is 11.9. The molecule has 4 heteroatoms. The monoisotopic (exact) mass is 267 g/mol. The molecule has 0 radical (unpaired) electrons. The Bertz CT molecular complexity index is 416. The van der Waals surface area contributed by atoms with Gasteiger partial charge in [0.05, 0.1) is 12.0 Å². The zero-order valence-corrected chi connectivity index (χ0v) is 11.1. The van der Waals surface area contributed by atoms with E-state index in [1.807, 2.05) is 24.3 Å². The molecule has 1 aromatic rings. The van der Waals surface area contributed by atoms with Gasteiger partial charge in [-0.1, -0.05) is 29.8 Å². The van der Waals surface area contributed by atoms with E-state index in [4.69, 9.17) is 11.6 Å². The van der Waals surface area contributed by atoms with Crippen molar-refractivity contribution in [3.8, 4) is 0 Å². The van der Waals surface area contributed by atoms with E-state index >= 15 is 0 Å². The van der Waals surface area contributed by atoms with E-state index in [0.717, 1.165) is 23.3 Å². The number of carboxylic acids is 1. The summed E-state index contributed by atoms with van der Waals surface area (Å²) in [6.45, 7) is 0.730. The second-order valence-corrected chi connectivity index (χ2v) is 5.36. The van der Waals surface area contributed by atoms with Gasteiger partial charge in [0.2, 0.25) is 0 Å². The first kappa shape index (κ1) is 13.4. The Balaban J connectivity index is 2.09. The molecule has 1 aliphatic rings. The third-order valence-electron chi connectivity index (χ3n) is 3.68. The Kier molecular flexibility index (Phi) is 4.61. The number of hydrogen-bond donors (Lipinski definition) is 1. The molecule has 1 aromatic carbocycles. The highest BCUT2D eigenvalue weighted by Crippen LogP contribution is 2.17. The first-order valence-electron chi connectivity index (χ1n) is 6.44. The fraction of sp³-hybridized carbons (Fsp3) is 0.500. The van der Waals surface area contributed by atoms with Crippen LogP contribution in [-0.2, 0) is 11.3 Å². The van der Waals surface area contributed by atoms with Gasteiger partial charge in [-0.15, -0.1) is 0 Å². The van der Waals surface area contributed by atoms with Gasteiger partial charge in [0.25, 0.3) is 0 Å². The highest BCUT2D eigenvalue weighted by molar-refractivity contribution is 6.31. The summed E-state index contributed by atoms with van der Waals surface area (Å²) in [7, 11) is 0. The second kappa shape index (κ2) is 6.21. The molecule has 18 heavy (non-hydrogen) atoms. The standard InChI is InChI=1S/C14H18ClNO2/c15-13-8-4-1-5-11(13)9-16(10-14(17)18)12-6-2-3-7-12/h1,4-5,8,12H,2-3,6-7,9-10H2,(H,17,18). The molecule has 2 rings (SSSR count). The summed E-state index contributed by atoms with van der Waals surface area (Å²) in [5.74, 6) is -0.982. The molecule has 0 bridgehead atoms. The zero-order valence-electron chi connectivity index (χ0n) is 10.3. The van der Waals surface area contributed by atoms with Gasteiger partial charge in [0, 0.05) is 10.6 Å². The van der Waals surface area contributed by atoms with Crippen LogP contribution in [0, 0.1) is 0 Å². The summed E-state index contributed by atoms with van der Waals surface area (Å²) in [5, 5.41) is 11.6. The van der Waals surface area contributed by atoms with Crippen LogP contribution in [-0.4, -0.2) is 18.6 Å². The predicted octanol–water partition coefficient (Wildman–Crippen LogP) is 0.417. The average molecular weight is 268 g/mol. The van der Waals surface area contributed by atoms with Gasteiger partial charge in [0.1, 0.15) is 13.1 Å². The van der Waals surface area contributed by atoms with Crippen molar-refractivity contribution in [1.82, 2.24) is 0 Å². The second-order valence-electron chi connectivity index (χ2n) is 4.96. The van der Waals surface area contributed by atoms with Crippen molar-refractivity contribution >= 4 is 17.6 Å². The zero-order chi connectivity index (χ0) is 13.0. The van der Waals surface area contributed by atoms with Crippen LogP contribution in [0.15, 0.2) is 24.3 Å². The van der Waals surface area contributed by atoms with E-state index in [1.165, 1.54) is 12.8 Å². The molecule has 0 heterocycles. The highest BCUT2D eigenvalue weighted by atomic mass is 35.5. The number of halogens is 1. The third kappa shape index (κ3) is 3.47. The number of hydrogen-bond acceptors (Lipinski definition) is 2. The van der Waals surface area contributed by atoms with Gasteiger partial charge >= 0.3 is 0 Å². The number of nitrogens with one attached hydrogen (secondary N) is 1. The predicted molar refractivity (Wildman–Crippen MR) is 68.2 cm³/mol. The van der Waals surface area contributed by atoms with Crippen molar-refractivity contribution in [3.05, 3.63) is 34.9 Å². The van der Waals surface area contributed by atoms with E-state index in [2.05, 4.69) is 0 Å². The van der Waals surface area contributed by atoms with Gasteiger partial charge in [-0.05, 0) is 31.7 Å². The number of carbonyl (C=O) groups excluding carboxylic acids is 1. The Labute approximate surface area is 112 Å². The molecule has 1 N–H and O–H groups in total. The number of carbonyl (C=O) groups is 1.